The van der Waals surface area contributed by atoms with E-state index >= 15 is 0 Å². The first-order valence-electron chi connectivity index (χ1n) is 5.49. The van der Waals surface area contributed by atoms with Gasteiger partial charge in [0.2, 0.25) is 0 Å². The summed E-state index contributed by atoms with van der Waals surface area (Å²) in [7, 11) is 2.12. The van der Waals surface area contributed by atoms with Crippen LogP contribution in [0.25, 0.3) is 0 Å². The van der Waals surface area contributed by atoms with Crippen LogP contribution in [0.5, 0.6) is 0 Å². The largest absolute Gasteiger partial charge is 0.302 e. The first-order chi connectivity index (χ1) is 7.58. The zero-order chi connectivity index (χ0) is 12.0. The highest BCUT2D eigenvalue weighted by Gasteiger charge is 2.02. The van der Waals surface area contributed by atoms with Crippen molar-refractivity contribution in [3.63, 3.8) is 0 Å². The minimum Gasteiger partial charge on any atom is -0.302 e. The third-order valence-electron chi connectivity index (χ3n) is 2.39. The van der Waals surface area contributed by atoms with Crippen molar-refractivity contribution in [3.8, 4) is 0 Å². The van der Waals surface area contributed by atoms with Crippen LogP contribution in [0.4, 0.5) is 0 Å². The van der Waals surface area contributed by atoms with Gasteiger partial charge in [-0.2, -0.15) is 0 Å². The molecule has 4 heteroatoms. The van der Waals surface area contributed by atoms with Gasteiger partial charge >= 0.3 is 0 Å². The lowest BCUT2D eigenvalue weighted by Gasteiger charge is -2.15. The van der Waals surface area contributed by atoms with Crippen molar-refractivity contribution < 1.29 is 4.79 Å². The molecule has 0 N–H and O–H groups in total. The van der Waals surface area contributed by atoms with Crippen molar-refractivity contribution in [1.82, 2.24) is 4.90 Å². The Labute approximate surface area is 110 Å². The van der Waals surface area contributed by atoms with Crippen molar-refractivity contribution in [3.05, 3.63) is 20.8 Å². The summed E-state index contributed by atoms with van der Waals surface area (Å²) in [6, 6.07) is 2.16. The van der Waals surface area contributed by atoms with Gasteiger partial charge in [-0.3, -0.25) is 0 Å². The molecule has 0 aliphatic heterocycles. The van der Waals surface area contributed by atoms with E-state index in [4.69, 9.17) is 0 Å². The van der Waals surface area contributed by atoms with Crippen molar-refractivity contribution in [2.45, 2.75) is 32.7 Å². The molecule has 0 unspecified atom stereocenters. The van der Waals surface area contributed by atoms with Gasteiger partial charge in [0.1, 0.15) is 5.78 Å². The molecular formula is C12H18BrNOS. The zero-order valence-electron chi connectivity index (χ0n) is 9.83. The molecule has 1 rings (SSSR count). The molecule has 0 bridgehead atoms. The number of halogens is 1. The Morgan fingerprint density at radius 3 is 2.81 bits per heavy atom. The van der Waals surface area contributed by atoms with Crippen LogP contribution in [0.2, 0.25) is 0 Å². The van der Waals surface area contributed by atoms with E-state index in [0.29, 0.717) is 5.78 Å². The van der Waals surface area contributed by atoms with Gasteiger partial charge in [0.05, 0.1) is 3.79 Å². The molecule has 1 heterocycles. The van der Waals surface area contributed by atoms with Crippen LogP contribution in [0.1, 0.15) is 31.7 Å². The second-order valence-electron chi connectivity index (χ2n) is 4.16. The summed E-state index contributed by atoms with van der Waals surface area (Å²) in [5.41, 5.74) is 1.35. The second-order valence-corrected chi connectivity index (χ2v) is 6.45. The van der Waals surface area contributed by atoms with Crippen LogP contribution in [-0.2, 0) is 11.3 Å². The SMILES string of the molecule is CC(=O)CCCCN(C)Cc1csc(Br)c1. The van der Waals surface area contributed by atoms with Gasteiger partial charge in [0.15, 0.2) is 0 Å². The monoisotopic (exact) mass is 303 g/mol. The van der Waals surface area contributed by atoms with Crippen LogP contribution in [0.3, 0.4) is 0 Å². The van der Waals surface area contributed by atoms with E-state index in [1.54, 1.807) is 18.3 Å². The van der Waals surface area contributed by atoms with Gasteiger partial charge in [-0.15, -0.1) is 11.3 Å². The highest BCUT2D eigenvalue weighted by atomic mass is 79.9. The lowest BCUT2D eigenvalue weighted by atomic mass is 10.2. The Kier molecular flexibility index (Phi) is 6.24. The van der Waals surface area contributed by atoms with Gasteiger partial charge in [0.25, 0.3) is 0 Å². The molecule has 0 amide bonds. The van der Waals surface area contributed by atoms with Gasteiger partial charge in [-0.25, -0.2) is 0 Å². The first-order valence-corrected chi connectivity index (χ1v) is 7.16. The predicted molar refractivity (Wildman–Crippen MR) is 72.9 cm³/mol. The van der Waals surface area contributed by atoms with Gasteiger partial charge in [-0.1, -0.05) is 0 Å². The Balaban J connectivity index is 2.16. The summed E-state index contributed by atoms with van der Waals surface area (Å²) in [6.45, 7) is 3.70. The Bertz CT molecular complexity index is 338. The molecule has 90 valence electrons. The van der Waals surface area contributed by atoms with Gasteiger partial charge in [-0.05, 0) is 66.3 Å². The average molecular weight is 304 g/mol. The molecule has 0 aliphatic rings. The lowest BCUT2D eigenvalue weighted by molar-refractivity contribution is -0.117. The minimum atomic E-state index is 0.296. The van der Waals surface area contributed by atoms with E-state index in [1.807, 2.05) is 0 Å². The topological polar surface area (TPSA) is 20.3 Å². The normalized spacial score (nSPS) is 11.0. The van der Waals surface area contributed by atoms with E-state index in [9.17, 15) is 4.79 Å². The molecule has 1 aromatic heterocycles. The fraction of sp³-hybridized carbons (Fsp3) is 0.583. The maximum atomic E-state index is 10.8. The zero-order valence-corrected chi connectivity index (χ0v) is 12.2. The molecule has 16 heavy (non-hydrogen) atoms. The third kappa shape index (κ3) is 5.77. The van der Waals surface area contributed by atoms with Crippen molar-refractivity contribution in [1.29, 1.82) is 0 Å². The molecule has 0 aromatic carbocycles. The Hall–Kier alpha value is -0.190. The van der Waals surface area contributed by atoms with Crippen LogP contribution in [-0.4, -0.2) is 24.3 Å². The lowest BCUT2D eigenvalue weighted by Crippen LogP contribution is -2.18. The third-order valence-corrected chi connectivity index (χ3v) is 3.95. The summed E-state index contributed by atoms with van der Waals surface area (Å²) < 4.78 is 1.19. The molecule has 0 saturated carbocycles. The Morgan fingerprint density at radius 2 is 2.25 bits per heavy atom. The summed E-state index contributed by atoms with van der Waals surface area (Å²) >= 11 is 5.19. The van der Waals surface area contributed by atoms with Crippen molar-refractivity contribution in [2.24, 2.45) is 0 Å². The number of unbranched alkanes of at least 4 members (excludes halogenated alkanes) is 1. The van der Waals surface area contributed by atoms with E-state index in [2.05, 4.69) is 39.3 Å². The summed E-state index contributed by atoms with van der Waals surface area (Å²) in [5, 5.41) is 2.18. The number of carbonyl (C=O) groups excluding carboxylic acids is 1. The number of ketones is 1. The number of Topliss-reactive ketones (excluding diaryl/α,β-unsaturated/α-hetero) is 1. The molecule has 0 saturated heterocycles. The van der Waals surface area contributed by atoms with E-state index in [-0.39, 0.29) is 0 Å². The number of thiophene rings is 1. The fourth-order valence-electron chi connectivity index (χ4n) is 1.58. The van der Waals surface area contributed by atoms with Gasteiger partial charge in [0, 0.05) is 13.0 Å². The van der Waals surface area contributed by atoms with Crippen LogP contribution < -0.4 is 0 Å². The van der Waals surface area contributed by atoms with Crippen LogP contribution in [0, 0.1) is 0 Å². The Morgan fingerprint density at radius 1 is 1.50 bits per heavy atom. The maximum Gasteiger partial charge on any atom is 0.129 e. The van der Waals surface area contributed by atoms with E-state index in [1.165, 1.54) is 9.35 Å². The smallest absolute Gasteiger partial charge is 0.129 e. The number of hydrogen-bond donors (Lipinski definition) is 0. The maximum absolute atomic E-state index is 10.8. The molecule has 0 spiro atoms. The summed E-state index contributed by atoms with van der Waals surface area (Å²) in [4.78, 5) is 13.1. The van der Waals surface area contributed by atoms with Gasteiger partial charge < -0.3 is 9.69 Å². The molecule has 0 radical (unpaired) electrons. The van der Waals surface area contributed by atoms with E-state index in [0.717, 1.165) is 32.4 Å². The number of hydrogen-bond acceptors (Lipinski definition) is 3. The minimum absolute atomic E-state index is 0.296. The fourth-order valence-corrected chi connectivity index (χ4v) is 2.78. The number of carbonyl (C=O) groups is 1. The number of nitrogens with zero attached hydrogens (tertiary/aromatic N) is 1. The standard InChI is InChI=1S/C12H18BrNOS/c1-10(15)5-3-4-6-14(2)8-11-7-12(13)16-9-11/h7,9H,3-6,8H2,1-2H3. The molecule has 0 atom stereocenters. The second kappa shape index (κ2) is 7.20. The molecule has 0 fully saturated rings. The highest BCUT2D eigenvalue weighted by Crippen LogP contribution is 2.21. The average Bonchev–Trinajstić information content (AvgIpc) is 2.58. The van der Waals surface area contributed by atoms with E-state index < -0.39 is 0 Å². The predicted octanol–water partition coefficient (Wildman–Crippen LogP) is 3.70. The summed E-state index contributed by atoms with van der Waals surface area (Å²) in [5.74, 6) is 0.296. The van der Waals surface area contributed by atoms with Crippen LogP contribution >= 0.6 is 27.3 Å². The van der Waals surface area contributed by atoms with Crippen LogP contribution in [0.15, 0.2) is 15.2 Å². The molecule has 2 nitrogen and oxygen atoms in total. The summed E-state index contributed by atoms with van der Waals surface area (Å²) in [6.07, 6.45) is 2.83. The molecule has 1 aromatic rings. The molecule has 0 aliphatic carbocycles. The molecular weight excluding hydrogens is 286 g/mol. The quantitative estimate of drug-likeness (QED) is 0.716. The number of rotatable bonds is 7. The van der Waals surface area contributed by atoms with Crippen molar-refractivity contribution >= 4 is 33.0 Å². The van der Waals surface area contributed by atoms with Crippen molar-refractivity contribution in [2.75, 3.05) is 13.6 Å². The first kappa shape index (κ1) is 13.9. The highest BCUT2D eigenvalue weighted by molar-refractivity contribution is 9.11.